The molecule has 4 aromatic heterocycles. The van der Waals surface area contributed by atoms with E-state index in [9.17, 15) is 27.2 Å². The smallest absolute Gasteiger partial charge is 0.0134 e. The fraction of sp³-hybridized carbons (Fsp3) is 0.266. The number of thiol groups is 1. The van der Waals surface area contributed by atoms with E-state index in [0.717, 1.165) is 24.8 Å². The van der Waals surface area contributed by atoms with Crippen LogP contribution in [-0.4, -0.2) is 118 Å². The number of carbonyl (C=O) groups is 2. The Labute approximate surface area is 720 Å². The molecule has 0 fully saturated rings. The molecule has 0 bridgehead atoms. The fourth-order valence-corrected chi connectivity index (χ4v) is 28.7. The average Bonchev–Trinajstić information content (AvgIpc) is 0.821. The summed E-state index contributed by atoms with van der Waals surface area (Å²) in [5.41, 5.74) is 10.2. The summed E-state index contributed by atoms with van der Waals surface area (Å²) in [7, 11) is 13.1. The summed E-state index contributed by atoms with van der Waals surface area (Å²) in [6, 6.07) is 64.7. The molecule has 0 atom stereocenters. The maximum atomic E-state index is 13.0. The van der Waals surface area contributed by atoms with Gasteiger partial charge in [0, 0.05) is 6.61 Å². The van der Waals surface area contributed by atoms with Crippen molar-refractivity contribution < 1.29 is 67.9 Å². The molecule has 0 saturated carbocycles. The number of Topliss-reactive ketones (excluding diaryl/α,β-unsaturated/α-hetero) is 1. The van der Waals surface area contributed by atoms with Gasteiger partial charge in [-0.05, 0) is 91.6 Å². The summed E-state index contributed by atoms with van der Waals surface area (Å²) in [5.74, 6) is -2.86. The number of hydrogen-bond donors (Lipinski definition) is 5. The Kier molecular flexibility index (Phi) is 64.9. The second-order valence-electron chi connectivity index (χ2n) is 22.2. The van der Waals surface area contributed by atoms with Crippen molar-refractivity contribution in [2.75, 3.05) is 43.2 Å². The number of ketones is 1. The predicted molar refractivity (Wildman–Crippen MR) is 474 cm³/mol. The van der Waals surface area contributed by atoms with Gasteiger partial charge < -0.3 is 37.7 Å². The molecule has 0 unspecified atom stereocenters. The van der Waals surface area contributed by atoms with Gasteiger partial charge in [0.1, 0.15) is 28.6 Å². The van der Waals surface area contributed by atoms with Crippen molar-refractivity contribution in [2.45, 2.75) is 100 Å². The van der Waals surface area contributed by atoms with Crippen LogP contribution in [0.25, 0.3) is 11.5 Å². The first kappa shape index (κ1) is 110. The molecule has 0 aliphatic heterocycles. The van der Waals surface area contributed by atoms with E-state index < -0.39 is 63.3 Å². The second kappa shape index (κ2) is 67.5. The van der Waals surface area contributed by atoms with Crippen molar-refractivity contribution >= 4 is 189 Å². The van der Waals surface area contributed by atoms with E-state index in [1.807, 2.05) is 6.92 Å². The molecule has 0 aliphatic rings. The zero-order chi connectivity index (χ0) is 83.5. The predicted octanol–water partition coefficient (Wildman–Crippen LogP) is 19.5. The van der Waals surface area contributed by atoms with Crippen LogP contribution in [0.3, 0.4) is 0 Å². The number of aromatic nitrogens is 8. The average molecular weight is 1990 g/mol. The molecule has 10 rings (SSSR count). The van der Waals surface area contributed by atoms with Crippen molar-refractivity contribution in [2.24, 2.45) is 4.30 Å². The van der Waals surface area contributed by atoms with Crippen LogP contribution in [0, 0.1) is 23.3 Å². The summed E-state index contributed by atoms with van der Waals surface area (Å²) in [5, 5.41) is 15.6. The van der Waals surface area contributed by atoms with Crippen molar-refractivity contribution in [1.29, 1.82) is 0 Å². The topological polar surface area (TPSA) is 316 Å². The first-order valence-corrected chi connectivity index (χ1v) is 51.6. The number of hydrogen-bond acceptors (Lipinski definition) is 19. The van der Waals surface area contributed by atoms with Crippen LogP contribution in [0.5, 0.6) is 0 Å². The number of unbranched alkanes of at least 4 members (excludes halogenated alkanes) is 3. The van der Waals surface area contributed by atoms with Crippen molar-refractivity contribution in [3.63, 3.8) is 0 Å². The minimum Gasteiger partial charge on any atom is -0.0622 e. The van der Waals surface area contributed by atoms with Crippen molar-refractivity contribution in [1.82, 2.24) is 46.0 Å². The fourth-order valence-electron chi connectivity index (χ4n) is 9.44. The van der Waals surface area contributed by atoms with E-state index in [0.29, 0.717) is 19.8 Å². The normalized spacial score (nSPS) is 9.82. The Morgan fingerprint density at radius 3 is 1.03 bits per heavy atom. The minimum absolute atomic E-state index is 0. The second-order valence-corrected chi connectivity index (χ2v) is 43.6. The van der Waals surface area contributed by atoms with E-state index in [2.05, 4.69) is 296 Å². The Morgan fingerprint density at radius 2 is 0.763 bits per heavy atom. The number of halogens is 10. The molecule has 619 valence electrons. The molecule has 1 radical (unpaired) electrons. The molecule has 4 heterocycles. The van der Waals surface area contributed by atoms with Crippen molar-refractivity contribution in [3.8, 4) is 0 Å². The van der Waals surface area contributed by atoms with Gasteiger partial charge in [-0.3, -0.25) is 4.79 Å². The molecule has 0 spiro atoms. The molecule has 0 saturated heterocycles. The zero-order valence-electron chi connectivity index (χ0n) is 64.3. The maximum Gasteiger partial charge on any atom is -0.0134 e. The Hall–Kier alpha value is -6.47. The van der Waals surface area contributed by atoms with Gasteiger partial charge >= 0.3 is 178 Å². The van der Waals surface area contributed by atoms with Crippen LogP contribution in [0.2, 0.25) is 29.0 Å². The molecule has 6 aromatic carbocycles. The third-order valence-electron chi connectivity index (χ3n) is 14.3. The monoisotopic (exact) mass is 1990 g/mol. The number of nitrogens with two attached hydrogens (primary N) is 2. The number of carbonyl (C=O) groups excluding carboxylic acids is 2. The summed E-state index contributed by atoms with van der Waals surface area (Å²) in [6.07, 6.45) is 11.0. The number of alkyl halides is 1. The Morgan fingerprint density at radius 1 is 0.509 bits per heavy atom. The number of rotatable bonds is 25. The van der Waals surface area contributed by atoms with Gasteiger partial charge in [-0.25, -0.2) is 57.4 Å². The summed E-state index contributed by atoms with van der Waals surface area (Å²) < 4.78 is 73.0. The van der Waals surface area contributed by atoms with E-state index >= 15 is 0 Å². The molecule has 19 nitrogen and oxygen atoms in total. The number of benzene rings is 6. The molecule has 0 amide bonds. The zero-order valence-corrected chi connectivity index (χ0v) is 76.8. The first-order chi connectivity index (χ1) is 53.9. The van der Waals surface area contributed by atoms with Crippen LogP contribution < -0.4 is 49.4 Å². The quantitative estimate of drug-likeness (QED) is 0.00408. The molecular formula is C79H98BBrCl5F4N12O7P2PdSSn. The third-order valence-corrected chi connectivity index (χ3v) is 34.4. The first-order valence-electron chi connectivity index (χ1n) is 34.8. The molecule has 10 N–H and O–H groups in total. The van der Waals surface area contributed by atoms with Crippen molar-refractivity contribution in [3.05, 3.63) is 276 Å². The van der Waals surface area contributed by atoms with Gasteiger partial charge in [0.15, 0.2) is 34.2 Å². The molecule has 0 aliphatic carbocycles. The summed E-state index contributed by atoms with van der Waals surface area (Å²) in [4.78, 5) is 51.1. The van der Waals surface area contributed by atoms with Gasteiger partial charge in [-0.15, -0.1) is 0 Å². The van der Waals surface area contributed by atoms with Crippen LogP contribution in [-0.2, 0) is 30.2 Å². The largest absolute Gasteiger partial charge is 0.0622 e. The van der Waals surface area contributed by atoms with Gasteiger partial charge in [-0.1, -0.05) is 223 Å². The van der Waals surface area contributed by atoms with Crippen LogP contribution in [0.4, 0.5) is 34.3 Å². The number of anilines is 2. The molecule has 114 heavy (non-hydrogen) atoms. The number of aliphatic hydroxyl groups excluding tert-OH is 1. The van der Waals surface area contributed by atoms with E-state index in [-0.39, 0.29) is 99.7 Å². The number of aliphatic hydroxyl groups is 1. The van der Waals surface area contributed by atoms with Crippen LogP contribution >= 0.6 is 98.4 Å². The van der Waals surface area contributed by atoms with E-state index in [1.54, 1.807) is 20.8 Å². The van der Waals surface area contributed by atoms with Gasteiger partial charge in [0.05, 0.1) is 43.3 Å². The summed E-state index contributed by atoms with van der Waals surface area (Å²) >= 11 is 19.2. The third kappa shape index (κ3) is 44.2. The standard InChI is InChI=1S/2C18H15P.C8H8ClFN2O.C8H10FN3O.C6H5BrFN3O.C4HCl2FN2.3C4H9.C3H5O2.C2H6O.BHNS.2ClH.H3N.H2O.Pd.Sn/c2*1-4-10-16(11-5-1)19(17-12-6-2-7-13-17)18-14-8-3-9-15-18;1-3-13-5(2)7-6(10)4-11-8(9)12-7;1-3-13-5(2)7-6(9)4-11-8(10)12-7;7-1-4(12)5-3(8)2-10-6(9)11-5;5-3-2(7)1-8-4(6)9-3;3*1-3-4-2;1-2-5-3-4;2*1-2-3;;;;;;/h2*1-15H;4H,2-3H2,1H3;4H,2-3H2,1H3,(H2,10,11,12);2H,1H2,(H2,9,10,11);1H;3*1,3-4H2,2H3;2H2,1H3;3H,2H2,1H3;3H;2*1H;1H3;1H2;;/q;;;;;;;;;;;;;;;;+2;/p-2. The maximum absolute atomic E-state index is 13.0. The summed E-state index contributed by atoms with van der Waals surface area (Å²) in [6.45, 7) is 22.5. The number of ether oxygens (including phenoxy) is 3. The van der Waals surface area contributed by atoms with Crippen LogP contribution in [0.15, 0.2) is 224 Å². The van der Waals surface area contributed by atoms with Gasteiger partial charge in [0.2, 0.25) is 22.5 Å². The van der Waals surface area contributed by atoms with E-state index in [4.69, 9.17) is 84.6 Å². The van der Waals surface area contributed by atoms with Crippen LogP contribution in [0.1, 0.15) is 109 Å². The molecule has 35 heteroatoms. The number of nitrogens with zero attached hydrogens (tertiary/aromatic N) is 9. The van der Waals surface area contributed by atoms with Gasteiger partial charge in [-0.2, -0.15) is 0 Å². The van der Waals surface area contributed by atoms with E-state index in [1.165, 1.54) is 83.7 Å². The Bertz CT molecular complexity index is 3870. The molecular weight excluding hydrogens is 1890 g/mol. The number of nitrogen functional groups attached to an aromatic ring is 2. The SMILES string of the molecule is C=C(OCC)c1nc(Cl)ncc1F.C=C(OCC)c1nc(N)ncc1F.CCC[CH2][Sn]([CH2]CCC)([CH2]CCC)[C](=O)OCC.CCO.Fc1cnc(Cl)nc1Cl.N.Nc1ncc(F)c(C(=O)CBr)n1.O.[B]=NS.[Cl][Pd][Cl].c1ccc(P(c2ccccc2)c2ccccc2)cc1.c1ccc(P(c2ccccc2)c2ccccc2)cc1. The molecule has 10 aromatic rings. The Balaban J connectivity index is 0. The van der Waals surface area contributed by atoms with Gasteiger partial charge in [0.25, 0.3) is 0 Å². The minimum atomic E-state index is -2.69.